The van der Waals surface area contributed by atoms with Gasteiger partial charge in [-0.15, -0.1) is 0 Å². The molecule has 0 spiro atoms. The molecule has 7 nitrogen and oxygen atoms in total. The van der Waals surface area contributed by atoms with Gasteiger partial charge in [0.2, 0.25) is 0 Å². The van der Waals surface area contributed by atoms with Crippen molar-refractivity contribution < 1.29 is 9.90 Å². The molecule has 1 fully saturated rings. The number of amides is 1. The van der Waals surface area contributed by atoms with E-state index < -0.39 is 6.10 Å². The molecule has 37 heavy (non-hydrogen) atoms. The lowest BCUT2D eigenvalue weighted by molar-refractivity contribution is -0.123. The van der Waals surface area contributed by atoms with E-state index in [1.165, 1.54) is 4.40 Å². The van der Waals surface area contributed by atoms with Crippen LogP contribution < -0.4 is 10.9 Å². The van der Waals surface area contributed by atoms with Crippen molar-refractivity contribution in [1.29, 1.82) is 0 Å². The van der Waals surface area contributed by atoms with Gasteiger partial charge in [-0.25, -0.2) is 4.98 Å². The van der Waals surface area contributed by atoms with E-state index in [0.717, 1.165) is 22.9 Å². The Kier molecular flexibility index (Phi) is 7.18. The lowest BCUT2D eigenvalue weighted by Gasteiger charge is -2.23. The summed E-state index contributed by atoms with van der Waals surface area (Å²) >= 11 is 6.71. The molecule has 0 aliphatic carbocycles. The summed E-state index contributed by atoms with van der Waals surface area (Å²) in [6.07, 6.45) is 2.37. The largest absolute Gasteiger partial charge is 0.387 e. The number of benzene rings is 2. The predicted molar refractivity (Wildman–Crippen MR) is 151 cm³/mol. The van der Waals surface area contributed by atoms with Crippen LogP contribution in [0.1, 0.15) is 35.8 Å². The Labute approximate surface area is 223 Å². The van der Waals surface area contributed by atoms with Crippen LogP contribution in [0.15, 0.2) is 94.8 Å². The molecular weight excluding hydrogens is 504 g/mol. The smallest absolute Gasteiger partial charge is 0.267 e. The Morgan fingerprint density at radius 2 is 1.65 bits per heavy atom. The van der Waals surface area contributed by atoms with Gasteiger partial charge in [-0.05, 0) is 36.3 Å². The van der Waals surface area contributed by atoms with Gasteiger partial charge in [0, 0.05) is 12.7 Å². The number of pyridine rings is 1. The standard InChI is InChI=1S/C28H24N4O3S2/c1-18(19-10-4-2-5-11-19)32-27(35)23(37-28(32)36)16-21-25(29-17-22(33)20-12-6-3-7-13-20)30-24-14-8-9-15-31(24)26(21)34/h2-16,18,22,29,33H,17H2,1H3/b23-16-/t18-,22+/m1/s1. The summed E-state index contributed by atoms with van der Waals surface area (Å²) in [7, 11) is 0. The first-order chi connectivity index (χ1) is 17.9. The molecule has 0 unspecified atom stereocenters. The second-order valence-electron chi connectivity index (χ2n) is 8.55. The second kappa shape index (κ2) is 10.7. The molecule has 2 atom stereocenters. The van der Waals surface area contributed by atoms with Gasteiger partial charge in [0.25, 0.3) is 11.5 Å². The van der Waals surface area contributed by atoms with Gasteiger partial charge in [-0.3, -0.25) is 18.9 Å². The first-order valence-electron chi connectivity index (χ1n) is 11.7. The fourth-order valence-electron chi connectivity index (χ4n) is 4.18. The number of carbonyl (C=O) groups excluding carboxylic acids is 1. The lowest BCUT2D eigenvalue weighted by Crippen LogP contribution is -2.31. The van der Waals surface area contributed by atoms with Crippen LogP contribution in [0, 0.1) is 0 Å². The maximum atomic E-state index is 13.5. The highest BCUT2D eigenvalue weighted by molar-refractivity contribution is 8.26. The number of carbonyl (C=O) groups is 1. The number of thioether (sulfide) groups is 1. The van der Waals surface area contributed by atoms with Gasteiger partial charge in [-0.1, -0.05) is 90.7 Å². The predicted octanol–water partition coefficient (Wildman–Crippen LogP) is 4.80. The molecule has 2 N–H and O–H groups in total. The Bertz CT molecular complexity index is 1550. The van der Waals surface area contributed by atoms with Crippen molar-refractivity contribution in [3.63, 3.8) is 0 Å². The SMILES string of the molecule is C[C@H](c1ccccc1)N1C(=O)/C(=C/c2c(NC[C@H](O)c3ccccc3)nc3ccccn3c2=O)SC1=S. The summed E-state index contributed by atoms with van der Waals surface area (Å²) < 4.78 is 1.85. The number of nitrogens with zero attached hydrogens (tertiary/aromatic N) is 3. The monoisotopic (exact) mass is 528 g/mol. The number of hydrogen-bond donors (Lipinski definition) is 2. The summed E-state index contributed by atoms with van der Waals surface area (Å²) in [5.41, 5.74) is 2.04. The molecule has 186 valence electrons. The minimum absolute atomic E-state index is 0.131. The average Bonchev–Trinajstić information content (AvgIpc) is 3.21. The fraction of sp³-hybridized carbons (Fsp3) is 0.143. The Morgan fingerprint density at radius 3 is 2.35 bits per heavy atom. The van der Waals surface area contributed by atoms with E-state index in [0.29, 0.717) is 14.9 Å². The second-order valence-corrected chi connectivity index (χ2v) is 10.2. The van der Waals surface area contributed by atoms with Crippen LogP contribution in [0.3, 0.4) is 0 Å². The van der Waals surface area contributed by atoms with E-state index in [9.17, 15) is 14.7 Å². The minimum Gasteiger partial charge on any atom is -0.387 e. The van der Waals surface area contributed by atoms with Crippen LogP contribution in [-0.4, -0.2) is 36.2 Å². The number of nitrogens with one attached hydrogen (secondary N) is 1. The average molecular weight is 529 g/mol. The number of fused-ring (bicyclic) bond motifs is 1. The summed E-state index contributed by atoms with van der Waals surface area (Å²) in [5, 5.41) is 13.8. The number of rotatable bonds is 7. The van der Waals surface area contributed by atoms with Crippen molar-refractivity contribution in [3.05, 3.63) is 117 Å². The van der Waals surface area contributed by atoms with Crippen LogP contribution in [0.5, 0.6) is 0 Å². The number of anilines is 1. The highest BCUT2D eigenvalue weighted by Gasteiger charge is 2.36. The Balaban J connectivity index is 1.50. The molecular formula is C28H24N4O3S2. The molecule has 3 heterocycles. The van der Waals surface area contributed by atoms with Gasteiger partial charge in [0.05, 0.1) is 22.6 Å². The lowest BCUT2D eigenvalue weighted by atomic mass is 10.1. The summed E-state index contributed by atoms with van der Waals surface area (Å²) in [6, 6.07) is 23.9. The van der Waals surface area contributed by atoms with Crippen molar-refractivity contribution in [2.45, 2.75) is 19.1 Å². The number of aromatic nitrogens is 2. The Hall–Kier alpha value is -3.79. The Morgan fingerprint density at radius 1 is 1.00 bits per heavy atom. The van der Waals surface area contributed by atoms with Crippen LogP contribution in [0.4, 0.5) is 5.82 Å². The normalized spacial score (nSPS) is 16.4. The molecule has 9 heteroatoms. The van der Waals surface area contributed by atoms with E-state index in [2.05, 4.69) is 10.3 Å². The highest BCUT2D eigenvalue weighted by atomic mass is 32.2. The molecule has 2 aromatic carbocycles. The fourth-order valence-corrected chi connectivity index (χ4v) is 5.58. The first kappa shape index (κ1) is 24.9. The molecule has 1 saturated heterocycles. The quantitative estimate of drug-likeness (QED) is 0.263. The van der Waals surface area contributed by atoms with Crippen molar-refractivity contribution in [1.82, 2.24) is 14.3 Å². The topological polar surface area (TPSA) is 86.9 Å². The summed E-state index contributed by atoms with van der Waals surface area (Å²) in [6.45, 7) is 2.06. The molecule has 0 radical (unpaired) electrons. The van der Waals surface area contributed by atoms with E-state index in [4.69, 9.17) is 12.2 Å². The summed E-state index contributed by atoms with van der Waals surface area (Å²) in [5.74, 6) is 0.0201. The van der Waals surface area contributed by atoms with Gasteiger partial charge in [0.15, 0.2) is 0 Å². The molecule has 1 amide bonds. The van der Waals surface area contributed by atoms with Crippen molar-refractivity contribution in [2.75, 3.05) is 11.9 Å². The maximum absolute atomic E-state index is 13.5. The summed E-state index contributed by atoms with van der Waals surface area (Å²) in [4.78, 5) is 33.4. The zero-order valence-electron chi connectivity index (χ0n) is 19.9. The van der Waals surface area contributed by atoms with E-state index in [1.54, 1.807) is 35.4 Å². The highest BCUT2D eigenvalue weighted by Crippen LogP contribution is 2.38. The maximum Gasteiger partial charge on any atom is 0.267 e. The van der Waals surface area contributed by atoms with E-state index >= 15 is 0 Å². The van der Waals surface area contributed by atoms with E-state index in [-0.39, 0.29) is 35.4 Å². The molecule has 5 rings (SSSR count). The minimum atomic E-state index is -0.810. The molecule has 4 aromatic rings. The number of hydrogen-bond acceptors (Lipinski definition) is 7. The van der Waals surface area contributed by atoms with E-state index in [1.807, 2.05) is 67.6 Å². The number of aliphatic hydroxyl groups excluding tert-OH is 1. The van der Waals surface area contributed by atoms with Gasteiger partial charge in [0.1, 0.15) is 15.8 Å². The third kappa shape index (κ3) is 5.06. The molecule has 0 saturated carbocycles. The third-order valence-corrected chi connectivity index (χ3v) is 7.51. The number of thiocarbonyl (C=S) groups is 1. The van der Waals surface area contributed by atoms with Crippen molar-refractivity contribution in [2.24, 2.45) is 0 Å². The van der Waals surface area contributed by atoms with Crippen LogP contribution in [0.25, 0.3) is 11.7 Å². The molecule has 1 aliphatic rings. The first-order valence-corrected chi connectivity index (χ1v) is 13.0. The zero-order chi connectivity index (χ0) is 25.9. The number of aliphatic hydroxyl groups is 1. The molecule has 2 aromatic heterocycles. The van der Waals surface area contributed by atoms with Crippen LogP contribution >= 0.6 is 24.0 Å². The van der Waals surface area contributed by atoms with Crippen molar-refractivity contribution in [3.8, 4) is 0 Å². The molecule has 1 aliphatic heterocycles. The van der Waals surface area contributed by atoms with Gasteiger partial charge < -0.3 is 10.4 Å². The van der Waals surface area contributed by atoms with Crippen molar-refractivity contribution >= 4 is 51.7 Å². The van der Waals surface area contributed by atoms with Crippen LogP contribution in [-0.2, 0) is 4.79 Å². The van der Waals surface area contributed by atoms with Crippen LogP contribution in [0.2, 0.25) is 0 Å². The zero-order valence-corrected chi connectivity index (χ0v) is 21.6. The molecule has 0 bridgehead atoms. The van der Waals surface area contributed by atoms with Gasteiger partial charge in [-0.2, -0.15) is 0 Å². The third-order valence-electron chi connectivity index (χ3n) is 6.18. The van der Waals surface area contributed by atoms with Gasteiger partial charge >= 0.3 is 0 Å².